The van der Waals surface area contributed by atoms with Crippen LogP contribution < -0.4 is 5.73 Å². The van der Waals surface area contributed by atoms with Crippen molar-refractivity contribution in [3.63, 3.8) is 0 Å². The Kier molecular flexibility index (Phi) is 7.80. The molecule has 1 aromatic heterocycles. The zero-order chi connectivity index (χ0) is 13.9. The third kappa shape index (κ3) is 4.43. The van der Waals surface area contributed by atoms with E-state index in [1.165, 1.54) is 16.1 Å². The van der Waals surface area contributed by atoms with Crippen LogP contribution in [0.2, 0.25) is 0 Å². The minimum absolute atomic E-state index is 0. The van der Waals surface area contributed by atoms with E-state index in [0.717, 1.165) is 26.1 Å². The van der Waals surface area contributed by atoms with Gasteiger partial charge in [0.1, 0.15) is 0 Å². The highest BCUT2D eigenvalue weighted by Crippen LogP contribution is 2.26. The Labute approximate surface area is 148 Å². The average Bonchev–Trinajstić information content (AvgIpc) is 3.03. The first-order valence-corrected chi connectivity index (χ1v) is 8.04. The monoisotopic (exact) mass is 359 g/mol. The van der Waals surface area contributed by atoms with Gasteiger partial charge in [0.05, 0.1) is 11.2 Å². The van der Waals surface area contributed by atoms with E-state index >= 15 is 0 Å². The summed E-state index contributed by atoms with van der Waals surface area (Å²) >= 11 is 1.76. The van der Waals surface area contributed by atoms with Crippen LogP contribution in [0.25, 0.3) is 0 Å². The SMILES string of the molecule is Cc1ncsc1CCN1C[C@@H](N)[C@H](c2ccccc2)C1.Cl.Cl. The van der Waals surface area contributed by atoms with Gasteiger partial charge in [0.2, 0.25) is 0 Å². The molecule has 1 aromatic carbocycles. The number of thiazole rings is 1. The predicted molar refractivity (Wildman–Crippen MR) is 98.6 cm³/mol. The van der Waals surface area contributed by atoms with Crippen molar-refractivity contribution in [3.05, 3.63) is 52.0 Å². The smallest absolute Gasteiger partial charge is 0.0797 e. The molecule has 2 heterocycles. The molecular formula is C16H23Cl2N3S. The van der Waals surface area contributed by atoms with E-state index in [-0.39, 0.29) is 30.9 Å². The van der Waals surface area contributed by atoms with Crippen molar-refractivity contribution in [3.8, 4) is 0 Å². The molecule has 1 fully saturated rings. The summed E-state index contributed by atoms with van der Waals surface area (Å²) in [5.74, 6) is 0.471. The summed E-state index contributed by atoms with van der Waals surface area (Å²) < 4.78 is 0. The van der Waals surface area contributed by atoms with Crippen LogP contribution in [-0.4, -0.2) is 35.6 Å². The van der Waals surface area contributed by atoms with E-state index in [0.29, 0.717) is 5.92 Å². The molecule has 0 amide bonds. The molecule has 0 radical (unpaired) electrons. The number of aromatic nitrogens is 1. The second kappa shape index (κ2) is 8.85. The van der Waals surface area contributed by atoms with Crippen molar-refractivity contribution in [2.75, 3.05) is 19.6 Å². The van der Waals surface area contributed by atoms with Gasteiger partial charge < -0.3 is 10.6 Å². The molecule has 2 aromatic rings. The Hall–Kier alpha value is -0.650. The molecule has 2 atom stereocenters. The number of hydrogen-bond acceptors (Lipinski definition) is 4. The summed E-state index contributed by atoms with van der Waals surface area (Å²) in [4.78, 5) is 8.21. The zero-order valence-corrected chi connectivity index (χ0v) is 15.1. The minimum atomic E-state index is 0. The molecule has 0 saturated carbocycles. The van der Waals surface area contributed by atoms with Crippen LogP contribution in [-0.2, 0) is 6.42 Å². The molecule has 0 bridgehead atoms. The molecule has 1 aliphatic rings. The van der Waals surface area contributed by atoms with E-state index in [9.17, 15) is 0 Å². The van der Waals surface area contributed by atoms with Gasteiger partial charge in [-0.1, -0.05) is 30.3 Å². The number of likely N-dealkylation sites (tertiary alicyclic amines) is 1. The third-order valence-corrected chi connectivity index (χ3v) is 5.16. The van der Waals surface area contributed by atoms with E-state index in [1.54, 1.807) is 11.3 Å². The average molecular weight is 360 g/mol. The molecule has 1 saturated heterocycles. The summed E-state index contributed by atoms with van der Waals surface area (Å²) in [6.07, 6.45) is 1.09. The lowest BCUT2D eigenvalue weighted by Gasteiger charge is -2.15. The molecule has 1 aliphatic heterocycles. The fraction of sp³-hybridized carbons (Fsp3) is 0.438. The Morgan fingerprint density at radius 1 is 1.23 bits per heavy atom. The molecule has 0 aliphatic carbocycles. The lowest BCUT2D eigenvalue weighted by Crippen LogP contribution is -2.29. The maximum absolute atomic E-state index is 6.33. The maximum Gasteiger partial charge on any atom is 0.0797 e. The highest BCUT2D eigenvalue weighted by molar-refractivity contribution is 7.09. The van der Waals surface area contributed by atoms with Crippen LogP contribution in [0.5, 0.6) is 0 Å². The normalized spacial score (nSPS) is 21.2. The second-order valence-corrected chi connectivity index (χ2v) is 6.49. The molecule has 3 nitrogen and oxygen atoms in total. The van der Waals surface area contributed by atoms with Gasteiger partial charge in [-0.3, -0.25) is 0 Å². The molecule has 2 N–H and O–H groups in total. The lowest BCUT2D eigenvalue weighted by atomic mass is 9.95. The van der Waals surface area contributed by atoms with Gasteiger partial charge in [-0.05, 0) is 18.9 Å². The summed E-state index contributed by atoms with van der Waals surface area (Å²) in [5.41, 5.74) is 10.8. The number of rotatable bonds is 4. The summed E-state index contributed by atoms with van der Waals surface area (Å²) in [6, 6.07) is 10.9. The number of aryl methyl sites for hydroxylation is 1. The molecule has 0 spiro atoms. The van der Waals surface area contributed by atoms with E-state index in [4.69, 9.17) is 5.73 Å². The Morgan fingerprint density at radius 2 is 1.95 bits per heavy atom. The predicted octanol–water partition coefficient (Wildman–Crippen LogP) is 3.26. The van der Waals surface area contributed by atoms with Crippen LogP contribution in [0, 0.1) is 6.92 Å². The van der Waals surface area contributed by atoms with Gasteiger partial charge in [-0.2, -0.15) is 0 Å². The standard InChI is InChI=1S/C16H21N3S.2ClH/c1-12-16(20-11-18-12)7-8-19-9-14(15(17)10-19)13-5-3-2-4-6-13;;/h2-6,11,14-15H,7-10,17H2,1H3;2*1H/t14-,15+;;/m0../s1. The van der Waals surface area contributed by atoms with Crippen LogP contribution in [0.15, 0.2) is 35.8 Å². The van der Waals surface area contributed by atoms with Gasteiger partial charge in [0.15, 0.2) is 0 Å². The largest absolute Gasteiger partial charge is 0.326 e. The van der Waals surface area contributed by atoms with Crippen LogP contribution in [0.1, 0.15) is 22.1 Å². The Bertz CT molecular complexity index is 562. The number of halogens is 2. The molecule has 122 valence electrons. The molecule has 0 unspecified atom stereocenters. The second-order valence-electron chi connectivity index (χ2n) is 5.55. The van der Waals surface area contributed by atoms with E-state index in [2.05, 4.69) is 47.1 Å². The first-order chi connectivity index (χ1) is 9.74. The number of hydrogen-bond donors (Lipinski definition) is 1. The zero-order valence-electron chi connectivity index (χ0n) is 12.6. The van der Waals surface area contributed by atoms with Crippen molar-refractivity contribution in [1.29, 1.82) is 0 Å². The minimum Gasteiger partial charge on any atom is -0.326 e. The van der Waals surface area contributed by atoms with Gasteiger partial charge in [0.25, 0.3) is 0 Å². The van der Waals surface area contributed by atoms with Gasteiger partial charge in [-0.15, -0.1) is 36.2 Å². The number of nitrogens with zero attached hydrogens (tertiary/aromatic N) is 2. The first kappa shape index (κ1) is 19.4. The van der Waals surface area contributed by atoms with E-state index in [1.807, 2.05) is 5.51 Å². The van der Waals surface area contributed by atoms with E-state index < -0.39 is 0 Å². The topological polar surface area (TPSA) is 42.2 Å². The highest BCUT2D eigenvalue weighted by Gasteiger charge is 2.30. The van der Waals surface area contributed by atoms with Crippen LogP contribution >= 0.6 is 36.2 Å². The van der Waals surface area contributed by atoms with Crippen molar-refractivity contribution in [1.82, 2.24) is 9.88 Å². The fourth-order valence-electron chi connectivity index (χ4n) is 2.97. The van der Waals surface area contributed by atoms with Crippen LogP contribution in [0.4, 0.5) is 0 Å². The quantitative estimate of drug-likeness (QED) is 0.910. The summed E-state index contributed by atoms with van der Waals surface area (Å²) in [5, 5.41) is 0. The molecular weight excluding hydrogens is 337 g/mol. The third-order valence-electron chi connectivity index (χ3n) is 4.17. The van der Waals surface area contributed by atoms with Crippen molar-refractivity contribution < 1.29 is 0 Å². The molecule has 6 heteroatoms. The van der Waals surface area contributed by atoms with Gasteiger partial charge in [-0.25, -0.2) is 4.98 Å². The van der Waals surface area contributed by atoms with Crippen molar-refractivity contribution >= 4 is 36.2 Å². The summed E-state index contributed by atoms with van der Waals surface area (Å²) in [7, 11) is 0. The number of nitrogens with two attached hydrogens (primary N) is 1. The van der Waals surface area contributed by atoms with Gasteiger partial charge >= 0.3 is 0 Å². The summed E-state index contributed by atoms with van der Waals surface area (Å²) in [6.45, 7) is 5.24. The number of benzene rings is 1. The Balaban J connectivity index is 0.00000121. The molecule has 3 rings (SSSR count). The van der Waals surface area contributed by atoms with Crippen LogP contribution in [0.3, 0.4) is 0 Å². The van der Waals surface area contributed by atoms with Crippen molar-refractivity contribution in [2.45, 2.75) is 25.3 Å². The maximum atomic E-state index is 6.33. The van der Waals surface area contributed by atoms with Crippen molar-refractivity contribution in [2.24, 2.45) is 5.73 Å². The Morgan fingerprint density at radius 3 is 2.59 bits per heavy atom. The first-order valence-electron chi connectivity index (χ1n) is 7.16. The van der Waals surface area contributed by atoms with Gasteiger partial charge in [0, 0.05) is 36.5 Å². The molecule has 22 heavy (non-hydrogen) atoms. The lowest BCUT2D eigenvalue weighted by molar-refractivity contribution is 0.336. The fourth-order valence-corrected chi connectivity index (χ4v) is 3.75. The highest BCUT2D eigenvalue weighted by atomic mass is 35.5.